The summed E-state index contributed by atoms with van der Waals surface area (Å²) in [4.78, 5) is 26.3. The van der Waals surface area contributed by atoms with Crippen LogP contribution in [0.4, 0.5) is 5.13 Å². The minimum absolute atomic E-state index is 0.125. The molecule has 0 spiro atoms. The number of thiophene rings is 1. The van der Waals surface area contributed by atoms with Crippen LogP contribution in [0.3, 0.4) is 0 Å². The van der Waals surface area contributed by atoms with E-state index in [-0.39, 0.29) is 5.91 Å². The highest BCUT2D eigenvalue weighted by Gasteiger charge is 2.23. The van der Waals surface area contributed by atoms with Crippen LogP contribution in [0.15, 0.2) is 30.3 Å². The Labute approximate surface area is 191 Å². The number of hydrogen-bond acceptors (Lipinski definition) is 7. The highest BCUT2D eigenvalue weighted by Crippen LogP contribution is 2.35. The van der Waals surface area contributed by atoms with Crippen molar-refractivity contribution in [3.8, 4) is 6.07 Å². The Morgan fingerprint density at radius 2 is 1.90 bits per heavy atom. The third kappa shape index (κ3) is 4.90. The lowest BCUT2D eigenvalue weighted by molar-refractivity contribution is 0.0766. The predicted octanol–water partition coefficient (Wildman–Crippen LogP) is 4.42. The van der Waals surface area contributed by atoms with Crippen LogP contribution in [0.25, 0.3) is 9.53 Å². The molecule has 0 bridgehead atoms. The van der Waals surface area contributed by atoms with Crippen molar-refractivity contribution in [1.82, 2.24) is 14.8 Å². The summed E-state index contributed by atoms with van der Waals surface area (Å²) in [5.41, 5.74) is 1.89. The van der Waals surface area contributed by atoms with Gasteiger partial charge in [-0.1, -0.05) is 23.5 Å². The molecule has 1 fully saturated rings. The zero-order valence-corrected chi connectivity index (χ0v) is 19.6. The van der Waals surface area contributed by atoms with Gasteiger partial charge in [-0.15, -0.1) is 11.3 Å². The minimum Gasteiger partial charge on any atom is -0.349 e. The molecule has 1 amide bonds. The average Bonchev–Trinajstić information content (AvgIpc) is 3.27. The van der Waals surface area contributed by atoms with E-state index in [2.05, 4.69) is 29.7 Å². The number of thiazole rings is 1. The zero-order valence-electron chi connectivity index (χ0n) is 18.0. The molecule has 0 radical (unpaired) electrons. The number of benzene rings is 1. The molecule has 162 valence electrons. The van der Waals surface area contributed by atoms with Gasteiger partial charge in [-0.2, -0.15) is 5.26 Å². The van der Waals surface area contributed by atoms with Gasteiger partial charge < -0.3 is 9.80 Å². The Balaban J connectivity index is 1.38. The topological polar surface area (TPSA) is 63.5 Å². The third-order valence-corrected chi connectivity index (χ3v) is 7.90. The Hall–Kier alpha value is -2.47. The quantitative estimate of drug-likeness (QED) is 0.553. The van der Waals surface area contributed by atoms with E-state index in [0.717, 1.165) is 71.8 Å². The highest BCUT2D eigenvalue weighted by atomic mass is 32.1. The number of amides is 1. The van der Waals surface area contributed by atoms with Crippen LogP contribution >= 0.6 is 22.7 Å². The first-order valence-corrected chi connectivity index (χ1v) is 12.4. The van der Waals surface area contributed by atoms with Gasteiger partial charge in [0.1, 0.15) is 4.83 Å². The number of hydrogen-bond donors (Lipinski definition) is 0. The summed E-state index contributed by atoms with van der Waals surface area (Å²) in [6, 6.07) is 11.9. The fraction of sp³-hybridized carbons (Fsp3) is 0.435. The second-order valence-corrected chi connectivity index (χ2v) is 9.72. The molecular weight excluding hydrogens is 426 g/mol. The van der Waals surface area contributed by atoms with Crippen LogP contribution in [-0.2, 0) is 6.54 Å². The second-order valence-electron chi connectivity index (χ2n) is 7.68. The maximum absolute atomic E-state index is 13.1. The van der Waals surface area contributed by atoms with Gasteiger partial charge in [-0.25, -0.2) is 4.98 Å². The summed E-state index contributed by atoms with van der Waals surface area (Å²) in [5, 5.41) is 9.99. The third-order valence-electron chi connectivity index (χ3n) is 5.69. The summed E-state index contributed by atoms with van der Waals surface area (Å²) >= 11 is 3.19. The van der Waals surface area contributed by atoms with Gasteiger partial charge in [0.15, 0.2) is 5.13 Å². The van der Waals surface area contributed by atoms with Crippen LogP contribution in [0.1, 0.15) is 41.1 Å². The Morgan fingerprint density at radius 3 is 2.58 bits per heavy atom. The molecule has 1 aliphatic rings. The van der Waals surface area contributed by atoms with Gasteiger partial charge in [-0.05, 0) is 44.0 Å². The first-order valence-electron chi connectivity index (χ1n) is 10.8. The molecule has 4 rings (SSSR count). The summed E-state index contributed by atoms with van der Waals surface area (Å²) in [6.45, 7) is 10.3. The number of rotatable bonds is 6. The van der Waals surface area contributed by atoms with Crippen molar-refractivity contribution < 1.29 is 4.79 Å². The highest BCUT2D eigenvalue weighted by molar-refractivity contribution is 7.29. The first-order chi connectivity index (χ1) is 15.1. The van der Waals surface area contributed by atoms with Crippen molar-refractivity contribution in [2.24, 2.45) is 0 Å². The van der Waals surface area contributed by atoms with Crippen molar-refractivity contribution in [3.63, 3.8) is 0 Å². The second kappa shape index (κ2) is 9.77. The summed E-state index contributed by atoms with van der Waals surface area (Å²) < 4.78 is 1.10. The number of anilines is 1. The van der Waals surface area contributed by atoms with Gasteiger partial charge in [0.25, 0.3) is 5.91 Å². The number of aromatic nitrogens is 1. The monoisotopic (exact) mass is 453 g/mol. The lowest BCUT2D eigenvalue weighted by Gasteiger charge is -2.21. The summed E-state index contributed by atoms with van der Waals surface area (Å²) in [5.74, 6) is 0.125. The van der Waals surface area contributed by atoms with Crippen LogP contribution < -0.4 is 4.90 Å². The van der Waals surface area contributed by atoms with E-state index in [4.69, 9.17) is 10.2 Å². The van der Waals surface area contributed by atoms with Gasteiger partial charge in [-0.3, -0.25) is 9.69 Å². The standard InChI is InChI=1S/C23H27N5OS2/c1-3-27(4-2)23-25-21-19(31-23)14-20(30-21)22(29)28-11-5-10-26(12-13-28)16-18-8-6-17(15-24)7-9-18/h6-9,14H,3-5,10-13,16H2,1-2H3. The molecular formula is C23H27N5OS2. The summed E-state index contributed by atoms with van der Waals surface area (Å²) in [6.07, 6.45) is 0.964. The molecule has 0 unspecified atom stereocenters. The molecule has 3 heterocycles. The molecule has 2 aromatic heterocycles. The van der Waals surface area contributed by atoms with Gasteiger partial charge in [0.05, 0.1) is 21.2 Å². The number of carbonyl (C=O) groups is 1. The Morgan fingerprint density at radius 1 is 1.13 bits per heavy atom. The fourth-order valence-electron chi connectivity index (χ4n) is 3.89. The van der Waals surface area contributed by atoms with Crippen LogP contribution in [0.5, 0.6) is 0 Å². The Kier molecular flexibility index (Phi) is 6.86. The largest absolute Gasteiger partial charge is 0.349 e. The van der Waals surface area contributed by atoms with Crippen molar-refractivity contribution >= 4 is 43.2 Å². The molecule has 1 saturated heterocycles. The molecule has 0 atom stereocenters. The number of nitrogens with zero attached hydrogens (tertiary/aromatic N) is 5. The molecule has 3 aromatic rings. The number of nitriles is 1. The fourth-order valence-corrected chi connectivity index (χ4v) is 6.20. The molecule has 1 aliphatic heterocycles. The van der Waals surface area contributed by atoms with Crippen LogP contribution in [0, 0.1) is 11.3 Å². The lowest BCUT2D eigenvalue weighted by atomic mass is 10.1. The molecule has 0 saturated carbocycles. The van der Waals surface area contributed by atoms with Gasteiger partial charge in [0.2, 0.25) is 0 Å². The van der Waals surface area contributed by atoms with Crippen molar-refractivity contribution in [1.29, 1.82) is 5.26 Å². The molecule has 0 aliphatic carbocycles. The average molecular weight is 454 g/mol. The van der Waals surface area contributed by atoms with E-state index >= 15 is 0 Å². The van der Waals surface area contributed by atoms with E-state index in [9.17, 15) is 4.79 Å². The van der Waals surface area contributed by atoms with E-state index in [1.54, 1.807) is 11.3 Å². The minimum atomic E-state index is 0.125. The number of carbonyl (C=O) groups excluding carboxylic acids is 1. The summed E-state index contributed by atoms with van der Waals surface area (Å²) in [7, 11) is 0. The smallest absolute Gasteiger partial charge is 0.264 e. The lowest BCUT2D eigenvalue weighted by Crippen LogP contribution is -2.34. The van der Waals surface area contributed by atoms with Gasteiger partial charge in [0, 0.05) is 45.8 Å². The predicted molar refractivity (Wildman–Crippen MR) is 128 cm³/mol. The molecule has 6 nitrogen and oxygen atoms in total. The normalized spacial score (nSPS) is 15.1. The molecule has 8 heteroatoms. The maximum Gasteiger partial charge on any atom is 0.264 e. The SMILES string of the molecule is CCN(CC)c1nc2sc(C(=O)N3CCCN(Cc4ccc(C#N)cc4)CC3)cc2s1. The molecule has 31 heavy (non-hydrogen) atoms. The van der Waals surface area contributed by atoms with E-state index in [1.165, 1.54) is 16.9 Å². The molecule has 1 aromatic carbocycles. The van der Waals surface area contributed by atoms with E-state index in [0.29, 0.717) is 5.56 Å². The van der Waals surface area contributed by atoms with Crippen LogP contribution in [-0.4, -0.2) is 60.0 Å². The Bertz CT molecular complexity index is 1050. The maximum atomic E-state index is 13.1. The first kappa shape index (κ1) is 21.8. The van der Waals surface area contributed by atoms with E-state index < -0.39 is 0 Å². The number of fused-ring (bicyclic) bond motifs is 1. The van der Waals surface area contributed by atoms with Crippen molar-refractivity contribution in [2.75, 3.05) is 44.2 Å². The zero-order chi connectivity index (χ0) is 21.8. The van der Waals surface area contributed by atoms with Crippen LogP contribution in [0.2, 0.25) is 0 Å². The van der Waals surface area contributed by atoms with Crippen molar-refractivity contribution in [2.45, 2.75) is 26.8 Å². The van der Waals surface area contributed by atoms with Gasteiger partial charge >= 0.3 is 0 Å². The molecule has 0 N–H and O–H groups in total. The van der Waals surface area contributed by atoms with Crippen molar-refractivity contribution in [3.05, 3.63) is 46.3 Å². The van der Waals surface area contributed by atoms with E-state index in [1.807, 2.05) is 35.2 Å².